The van der Waals surface area contributed by atoms with Crippen LogP contribution >= 0.6 is 0 Å². The molecule has 1 aromatic heterocycles. The number of esters is 1. The van der Waals surface area contributed by atoms with Gasteiger partial charge < -0.3 is 18.9 Å². The van der Waals surface area contributed by atoms with Crippen LogP contribution < -0.4 is 4.74 Å². The van der Waals surface area contributed by atoms with Crippen molar-refractivity contribution in [1.29, 1.82) is 0 Å². The van der Waals surface area contributed by atoms with Gasteiger partial charge in [-0.2, -0.15) is 0 Å². The molecule has 1 unspecified atom stereocenters. The molecule has 30 heavy (non-hydrogen) atoms. The molecule has 1 atom stereocenters. The van der Waals surface area contributed by atoms with Crippen LogP contribution in [0, 0.1) is 13.8 Å². The second-order valence-corrected chi connectivity index (χ2v) is 7.07. The van der Waals surface area contributed by atoms with E-state index in [2.05, 4.69) is 0 Å². The van der Waals surface area contributed by atoms with Crippen LogP contribution in [-0.2, 0) is 11.8 Å². The number of aromatic nitrogens is 1. The highest BCUT2D eigenvalue weighted by Gasteiger charge is 2.32. The third kappa shape index (κ3) is 4.25. The maximum absolute atomic E-state index is 13.4. The molecule has 0 N–H and O–H groups in total. The number of hydrogen-bond donors (Lipinski definition) is 0. The van der Waals surface area contributed by atoms with Gasteiger partial charge in [0.15, 0.2) is 5.78 Å². The SMILES string of the molecule is CCOC(=O)c1c(C)c(C(=O)C(C)N(CC)C(=O)c2ccc(OC)cc2)c(C)n1C. The van der Waals surface area contributed by atoms with Crippen LogP contribution in [0.1, 0.15) is 63.2 Å². The fraction of sp³-hybridized carbons (Fsp3) is 0.435. The van der Waals surface area contributed by atoms with E-state index >= 15 is 0 Å². The maximum atomic E-state index is 13.4. The van der Waals surface area contributed by atoms with E-state index in [0.29, 0.717) is 40.4 Å². The number of benzene rings is 1. The number of ether oxygens (including phenoxy) is 2. The van der Waals surface area contributed by atoms with Crippen molar-refractivity contribution in [2.24, 2.45) is 7.05 Å². The number of Topliss-reactive ketones (excluding diaryl/α,β-unsaturated/α-hetero) is 1. The summed E-state index contributed by atoms with van der Waals surface area (Å²) in [5.74, 6) is -0.257. The molecule has 0 spiro atoms. The fourth-order valence-electron chi connectivity index (χ4n) is 3.67. The lowest BCUT2D eigenvalue weighted by Gasteiger charge is -2.27. The van der Waals surface area contributed by atoms with Crippen LogP contribution in [0.4, 0.5) is 0 Å². The topological polar surface area (TPSA) is 77.8 Å². The fourth-order valence-corrected chi connectivity index (χ4v) is 3.67. The van der Waals surface area contributed by atoms with Gasteiger partial charge in [-0.1, -0.05) is 0 Å². The van der Waals surface area contributed by atoms with E-state index in [-0.39, 0.29) is 18.3 Å². The Hall–Kier alpha value is -3.09. The Morgan fingerprint density at radius 2 is 1.70 bits per heavy atom. The van der Waals surface area contributed by atoms with Crippen molar-refractivity contribution in [2.75, 3.05) is 20.3 Å². The molecular weight excluding hydrogens is 384 g/mol. The lowest BCUT2D eigenvalue weighted by Crippen LogP contribution is -2.43. The number of amides is 1. The number of ketones is 1. The number of carbonyl (C=O) groups excluding carboxylic acids is 3. The van der Waals surface area contributed by atoms with E-state index in [1.165, 1.54) is 4.90 Å². The lowest BCUT2D eigenvalue weighted by molar-refractivity contribution is 0.0513. The van der Waals surface area contributed by atoms with Gasteiger partial charge >= 0.3 is 5.97 Å². The Morgan fingerprint density at radius 3 is 2.20 bits per heavy atom. The molecule has 1 amide bonds. The molecule has 0 saturated heterocycles. The van der Waals surface area contributed by atoms with Crippen molar-refractivity contribution in [3.05, 3.63) is 52.3 Å². The zero-order chi connectivity index (χ0) is 22.6. The molecule has 0 aliphatic carbocycles. The predicted molar refractivity (Wildman–Crippen MR) is 114 cm³/mol. The monoisotopic (exact) mass is 414 g/mol. The van der Waals surface area contributed by atoms with E-state index in [0.717, 1.165) is 0 Å². The van der Waals surface area contributed by atoms with Crippen LogP contribution in [0.2, 0.25) is 0 Å². The molecule has 0 radical (unpaired) electrons. The molecule has 0 fully saturated rings. The van der Waals surface area contributed by atoms with Gasteiger partial charge in [0.1, 0.15) is 11.4 Å². The first kappa shape index (κ1) is 23.2. The number of rotatable bonds is 8. The van der Waals surface area contributed by atoms with Crippen LogP contribution in [0.25, 0.3) is 0 Å². The number of carbonyl (C=O) groups is 3. The highest BCUT2D eigenvalue weighted by atomic mass is 16.5. The number of methoxy groups -OCH3 is 1. The molecule has 1 heterocycles. The minimum atomic E-state index is -0.695. The highest BCUT2D eigenvalue weighted by molar-refractivity contribution is 6.07. The highest BCUT2D eigenvalue weighted by Crippen LogP contribution is 2.25. The van der Waals surface area contributed by atoms with E-state index in [1.54, 1.807) is 70.7 Å². The van der Waals surface area contributed by atoms with E-state index in [1.807, 2.05) is 6.92 Å². The molecule has 7 nitrogen and oxygen atoms in total. The normalized spacial score (nSPS) is 11.7. The van der Waals surface area contributed by atoms with Gasteiger partial charge in [-0.3, -0.25) is 9.59 Å². The van der Waals surface area contributed by atoms with Crippen LogP contribution in [-0.4, -0.2) is 53.4 Å². The van der Waals surface area contributed by atoms with E-state index < -0.39 is 12.0 Å². The third-order valence-corrected chi connectivity index (χ3v) is 5.43. The quantitative estimate of drug-likeness (QED) is 0.488. The Labute approximate surface area is 177 Å². The van der Waals surface area contributed by atoms with Gasteiger partial charge in [0.2, 0.25) is 0 Å². The summed E-state index contributed by atoms with van der Waals surface area (Å²) in [6.07, 6.45) is 0. The van der Waals surface area contributed by atoms with Crippen LogP contribution in [0.15, 0.2) is 24.3 Å². The van der Waals surface area contributed by atoms with Crippen molar-refractivity contribution in [3.8, 4) is 5.75 Å². The van der Waals surface area contributed by atoms with Crippen molar-refractivity contribution in [2.45, 2.75) is 40.7 Å². The van der Waals surface area contributed by atoms with E-state index in [9.17, 15) is 14.4 Å². The average molecular weight is 415 g/mol. The van der Waals surface area contributed by atoms with Crippen molar-refractivity contribution in [3.63, 3.8) is 0 Å². The number of nitrogens with zero attached hydrogens (tertiary/aromatic N) is 2. The van der Waals surface area contributed by atoms with E-state index in [4.69, 9.17) is 9.47 Å². The molecular formula is C23H30N2O5. The summed E-state index contributed by atoms with van der Waals surface area (Å²) in [4.78, 5) is 40.3. The van der Waals surface area contributed by atoms with Gasteiger partial charge in [0.05, 0.1) is 19.8 Å². The zero-order valence-corrected chi connectivity index (χ0v) is 18.7. The lowest BCUT2D eigenvalue weighted by atomic mass is 9.99. The Balaban J connectivity index is 2.38. The largest absolute Gasteiger partial charge is 0.497 e. The Bertz CT molecular complexity index is 943. The molecule has 0 saturated carbocycles. The first-order valence-electron chi connectivity index (χ1n) is 10.0. The van der Waals surface area contributed by atoms with Gasteiger partial charge in [-0.25, -0.2) is 4.79 Å². The summed E-state index contributed by atoms with van der Waals surface area (Å²) in [5.41, 5.74) is 2.52. The molecule has 0 aliphatic heterocycles. The Morgan fingerprint density at radius 1 is 1.10 bits per heavy atom. The summed E-state index contributed by atoms with van der Waals surface area (Å²) < 4.78 is 11.9. The molecule has 0 aliphatic rings. The van der Waals surface area contributed by atoms with Crippen molar-refractivity contribution in [1.82, 2.24) is 9.47 Å². The van der Waals surface area contributed by atoms with Crippen LogP contribution in [0.3, 0.4) is 0 Å². The van der Waals surface area contributed by atoms with Gasteiger partial charge in [0.25, 0.3) is 5.91 Å². The Kier molecular flexibility index (Phi) is 7.43. The maximum Gasteiger partial charge on any atom is 0.355 e. The first-order valence-corrected chi connectivity index (χ1v) is 10.0. The summed E-state index contributed by atoms with van der Waals surface area (Å²) in [7, 11) is 3.29. The van der Waals surface area contributed by atoms with Gasteiger partial charge in [-0.15, -0.1) is 0 Å². The third-order valence-electron chi connectivity index (χ3n) is 5.43. The van der Waals surface area contributed by atoms with Crippen molar-refractivity contribution >= 4 is 17.7 Å². The molecule has 162 valence electrons. The average Bonchev–Trinajstić information content (AvgIpc) is 2.96. The summed E-state index contributed by atoms with van der Waals surface area (Å²) in [6, 6.07) is 6.09. The molecule has 1 aromatic carbocycles. The second-order valence-electron chi connectivity index (χ2n) is 7.07. The first-order chi connectivity index (χ1) is 14.2. The predicted octanol–water partition coefficient (Wildman–Crippen LogP) is 3.56. The minimum absolute atomic E-state index is 0.208. The summed E-state index contributed by atoms with van der Waals surface area (Å²) >= 11 is 0. The number of likely N-dealkylation sites (N-methyl/N-ethyl adjacent to an activating group) is 1. The minimum Gasteiger partial charge on any atom is -0.497 e. The standard InChI is InChI=1S/C23H30N2O5/c1-8-25(22(27)17-10-12-18(29-7)13-11-17)16(5)21(26)19-14(3)20(23(28)30-9-2)24(6)15(19)4/h10-13,16H,8-9H2,1-7H3. The second kappa shape index (κ2) is 9.61. The van der Waals surface area contributed by atoms with Crippen LogP contribution in [0.5, 0.6) is 5.75 Å². The zero-order valence-electron chi connectivity index (χ0n) is 18.7. The van der Waals surface area contributed by atoms with Gasteiger partial charge in [0, 0.05) is 30.4 Å². The number of hydrogen-bond acceptors (Lipinski definition) is 5. The molecule has 0 bridgehead atoms. The summed E-state index contributed by atoms with van der Waals surface area (Å²) in [6.45, 7) is 9.43. The molecule has 2 rings (SSSR count). The molecule has 2 aromatic rings. The van der Waals surface area contributed by atoms with Gasteiger partial charge in [-0.05, 0) is 64.4 Å². The van der Waals surface area contributed by atoms with Crippen molar-refractivity contribution < 1.29 is 23.9 Å². The smallest absolute Gasteiger partial charge is 0.355 e. The molecule has 7 heteroatoms. The summed E-state index contributed by atoms with van der Waals surface area (Å²) in [5, 5.41) is 0.